The van der Waals surface area contributed by atoms with Crippen LogP contribution in [0.15, 0.2) is 11.6 Å². The molecule has 14 heavy (non-hydrogen) atoms. The molecule has 0 amide bonds. The first kappa shape index (κ1) is 11.7. The minimum Gasteiger partial charge on any atom is -0.350 e. The number of hydrogen-bond acceptors (Lipinski definition) is 2. The molecular formula is C12H22O2. The van der Waals surface area contributed by atoms with Gasteiger partial charge in [0.2, 0.25) is 0 Å². The van der Waals surface area contributed by atoms with Gasteiger partial charge in [-0.25, -0.2) is 0 Å². The van der Waals surface area contributed by atoms with Gasteiger partial charge in [0.25, 0.3) is 0 Å². The van der Waals surface area contributed by atoms with E-state index in [2.05, 4.69) is 26.8 Å². The van der Waals surface area contributed by atoms with E-state index in [0.29, 0.717) is 6.10 Å². The van der Waals surface area contributed by atoms with E-state index in [4.69, 9.17) is 9.47 Å². The first-order valence-corrected chi connectivity index (χ1v) is 5.47. The lowest BCUT2D eigenvalue weighted by molar-refractivity contribution is -0.282. The fourth-order valence-electron chi connectivity index (χ4n) is 1.71. The molecule has 1 rings (SSSR count). The van der Waals surface area contributed by atoms with Gasteiger partial charge in [-0.3, -0.25) is 0 Å². The first-order valence-electron chi connectivity index (χ1n) is 5.47. The summed E-state index contributed by atoms with van der Waals surface area (Å²) in [4.78, 5) is 0. The molecule has 0 aliphatic carbocycles. The van der Waals surface area contributed by atoms with Crippen molar-refractivity contribution in [2.75, 3.05) is 6.61 Å². The second kappa shape index (κ2) is 4.94. The van der Waals surface area contributed by atoms with Crippen LogP contribution in [-0.4, -0.2) is 18.5 Å². The summed E-state index contributed by atoms with van der Waals surface area (Å²) in [5.74, 6) is -0.358. The van der Waals surface area contributed by atoms with E-state index in [1.165, 1.54) is 5.57 Å². The van der Waals surface area contributed by atoms with E-state index in [1.54, 1.807) is 0 Å². The van der Waals surface area contributed by atoms with E-state index in [1.807, 2.05) is 6.92 Å². The van der Waals surface area contributed by atoms with E-state index >= 15 is 0 Å². The van der Waals surface area contributed by atoms with Crippen molar-refractivity contribution in [3.63, 3.8) is 0 Å². The van der Waals surface area contributed by atoms with E-state index in [-0.39, 0.29) is 5.79 Å². The molecule has 82 valence electrons. The maximum absolute atomic E-state index is 5.80. The SMILES string of the molecule is CC(C)=CCC[C@@]1(C)OCC[C@@H](C)O1. The average Bonchev–Trinajstić information content (AvgIpc) is 2.01. The molecule has 0 radical (unpaired) electrons. The summed E-state index contributed by atoms with van der Waals surface area (Å²) in [5, 5.41) is 0. The number of allylic oxidation sites excluding steroid dienone is 2. The normalized spacial score (nSPS) is 32.7. The molecule has 1 heterocycles. The quantitative estimate of drug-likeness (QED) is 0.648. The van der Waals surface area contributed by atoms with Crippen molar-refractivity contribution in [2.24, 2.45) is 0 Å². The summed E-state index contributed by atoms with van der Waals surface area (Å²) in [6.07, 6.45) is 5.56. The number of rotatable bonds is 3. The summed E-state index contributed by atoms with van der Waals surface area (Å²) in [6, 6.07) is 0. The van der Waals surface area contributed by atoms with Crippen LogP contribution in [0.5, 0.6) is 0 Å². The van der Waals surface area contributed by atoms with Gasteiger partial charge in [0.1, 0.15) is 0 Å². The zero-order valence-electron chi connectivity index (χ0n) is 9.80. The molecule has 2 heteroatoms. The second-order valence-corrected chi connectivity index (χ2v) is 4.52. The molecular weight excluding hydrogens is 176 g/mol. The lowest BCUT2D eigenvalue weighted by Crippen LogP contribution is -2.41. The molecule has 1 aliphatic rings. The van der Waals surface area contributed by atoms with Gasteiger partial charge in [-0.05, 0) is 40.5 Å². The maximum Gasteiger partial charge on any atom is 0.166 e. The molecule has 0 unspecified atom stereocenters. The Morgan fingerprint density at radius 2 is 2.21 bits per heavy atom. The van der Waals surface area contributed by atoms with Gasteiger partial charge < -0.3 is 9.47 Å². The summed E-state index contributed by atoms with van der Waals surface area (Å²) >= 11 is 0. The second-order valence-electron chi connectivity index (χ2n) is 4.52. The molecule has 1 aliphatic heterocycles. The Balaban J connectivity index is 2.37. The predicted octanol–water partition coefficient (Wildman–Crippen LogP) is 3.27. The lowest BCUT2D eigenvalue weighted by atomic mass is 10.1. The standard InChI is InChI=1S/C12H22O2/c1-10(2)6-5-8-12(4)13-9-7-11(3)14-12/h6,11H,5,7-9H2,1-4H3/t11-,12+/m1/s1. The molecule has 2 atom stereocenters. The fourth-order valence-corrected chi connectivity index (χ4v) is 1.71. The van der Waals surface area contributed by atoms with Crippen molar-refractivity contribution in [1.29, 1.82) is 0 Å². The van der Waals surface area contributed by atoms with Gasteiger partial charge in [-0.1, -0.05) is 11.6 Å². The lowest BCUT2D eigenvalue weighted by Gasteiger charge is -2.37. The third-order valence-electron chi connectivity index (χ3n) is 2.53. The Morgan fingerprint density at radius 1 is 1.50 bits per heavy atom. The molecule has 0 aromatic rings. The van der Waals surface area contributed by atoms with Crippen LogP contribution in [0.3, 0.4) is 0 Å². The molecule has 0 N–H and O–H groups in total. The summed E-state index contributed by atoms with van der Waals surface area (Å²) < 4.78 is 11.5. The third kappa shape index (κ3) is 3.81. The van der Waals surface area contributed by atoms with Gasteiger partial charge in [0, 0.05) is 6.42 Å². The Kier molecular flexibility index (Phi) is 4.14. The van der Waals surface area contributed by atoms with Gasteiger partial charge >= 0.3 is 0 Å². The van der Waals surface area contributed by atoms with Gasteiger partial charge in [-0.2, -0.15) is 0 Å². The highest BCUT2D eigenvalue weighted by Gasteiger charge is 2.31. The van der Waals surface area contributed by atoms with Crippen molar-refractivity contribution in [1.82, 2.24) is 0 Å². The molecule has 0 bridgehead atoms. The van der Waals surface area contributed by atoms with Crippen molar-refractivity contribution in [2.45, 2.75) is 58.8 Å². The van der Waals surface area contributed by atoms with Gasteiger partial charge in [0.15, 0.2) is 5.79 Å². The fraction of sp³-hybridized carbons (Fsp3) is 0.833. The van der Waals surface area contributed by atoms with Crippen LogP contribution < -0.4 is 0 Å². The first-order chi connectivity index (χ1) is 6.52. The van der Waals surface area contributed by atoms with E-state index in [0.717, 1.165) is 25.9 Å². The zero-order valence-corrected chi connectivity index (χ0v) is 9.80. The third-order valence-corrected chi connectivity index (χ3v) is 2.53. The van der Waals surface area contributed by atoms with E-state index in [9.17, 15) is 0 Å². The Bertz CT molecular complexity index is 206. The van der Waals surface area contributed by atoms with Crippen molar-refractivity contribution in [3.05, 3.63) is 11.6 Å². The van der Waals surface area contributed by atoms with Crippen LogP contribution in [0.1, 0.15) is 47.0 Å². The van der Waals surface area contributed by atoms with Crippen LogP contribution in [0, 0.1) is 0 Å². The smallest absolute Gasteiger partial charge is 0.166 e. The Hall–Kier alpha value is -0.340. The predicted molar refractivity (Wildman–Crippen MR) is 58.2 cm³/mol. The van der Waals surface area contributed by atoms with Crippen molar-refractivity contribution < 1.29 is 9.47 Å². The minimum atomic E-state index is -0.358. The Labute approximate surface area is 87.3 Å². The Morgan fingerprint density at radius 3 is 2.79 bits per heavy atom. The van der Waals surface area contributed by atoms with Crippen LogP contribution in [0.25, 0.3) is 0 Å². The number of ether oxygens (including phenoxy) is 2. The largest absolute Gasteiger partial charge is 0.350 e. The van der Waals surface area contributed by atoms with Gasteiger partial charge in [-0.15, -0.1) is 0 Å². The van der Waals surface area contributed by atoms with Crippen molar-refractivity contribution >= 4 is 0 Å². The number of hydrogen-bond donors (Lipinski definition) is 0. The zero-order chi connectivity index (χ0) is 10.6. The monoisotopic (exact) mass is 198 g/mol. The van der Waals surface area contributed by atoms with E-state index < -0.39 is 0 Å². The highest BCUT2D eigenvalue weighted by Crippen LogP contribution is 2.27. The molecule has 1 fully saturated rings. The van der Waals surface area contributed by atoms with Gasteiger partial charge in [0.05, 0.1) is 12.7 Å². The molecule has 0 saturated carbocycles. The average molecular weight is 198 g/mol. The molecule has 0 aromatic heterocycles. The molecule has 2 nitrogen and oxygen atoms in total. The van der Waals surface area contributed by atoms with Crippen LogP contribution in [0.2, 0.25) is 0 Å². The maximum atomic E-state index is 5.80. The van der Waals surface area contributed by atoms with Crippen LogP contribution in [-0.2, 0) is 9.47 Å². The van der Waals surface area contributed by atoms with Crippen LogP contribution >= 0.6 is 0 Å². The topological polar surface area (TPSA) is 18.5 Å². The summed E-state index contributed by atoms with van der Waals surface area (Å²) in [5.41, 5.74) is 1.36. The molecule has 1 saturated heterocycles. The molecule has 0 spiro atoms. The van der Waals surface area contributed by atoms with Crippen LogP contribution in [0.4, 0.5) is 0 Å². The highest BCUT2D eigenvalue weighted by molar-refractivity contribution is 4.93. The van der Waals surface area contributed by atoms with Crippen molar-refractivity contribution in [3.8, 4) is 0 Å². The summed E-state index contributed by atoms with van der Waals surface area (Å²) in [6.45, 7) is 9.22. The minimum absolute atomic E-state index is 0.334. The highest BCUT2D eigenvalue weighted by atomic mass is 16.7. The molecule has 0 aromatic carbocycles. The summed E-state index contributed by atoms with van der Waals surface area (Å²) in [7, 11) is 0.